The van der Waals surface area contributed by atoms with Crippen LogP contribution in [0, 0.1) is 5.92 Å². The van der Waals surface area contributed by atoms with Crippen molar-refractivity contribution in [1.82, 2.24) is 20.2 Å². The van der Waals surface area contributed by atoms with Crippen molar-refractivity contribution in [3.8, 4) is 34.3 Å². The summed E-state index contributed by atoms with van der Waals surface area (Å²) in [6, 6.07) is 14.6. The topological polar surface area (TPSA) is 115 Å². The number of benzene rings is 2. The number of esters is 1. The van der Waals surface area contributed by atoms with E-state index in [1.165, 1.54) is 12.1 Å². The zero-order valence-electron chi connectivity index (χ0n) is 22.3. The first-order valence-corrected chi connectivity index (χ1v) is 13.4. The van der Waals surface area contributed by atoms with Crippen LogP contribution in [0.25, 0.3) is 34.3 Å². The van der Waals surface area contributed by atoms with Gasteiger partial charge >= 0.3 is 12.1 Å². The smallest absolute Gasteiger partial charge is 0.422 e. The molecule has 2 aromatic carbocycles. The van der Waals surface area contributed by atoms with Crippen LogP contribution in [0.5, 0.6) is 0 Å². The van der Waals surface area contributed by atoms with Gasteiger partial charge in [-0.05, 0) is 37.8 Å². The van der Waals surface area contributed by atoms with Crippen LogP contribution >= 0.6 is 0 Å². The summed E-state index contributed by atoms with van der Waals surface area (Å²) in [6.07, 6.45) is -3.30. The van der Waals surface area contributed by atoms with E-state index in [0.29, 0.717) is 37.2 Å². The number of halogens is 3. The lowest BCUT2D eigenvalue weighted by Crippen LogP contribution is -2.38. The number of alkyl halides is 3. The summed E-state index contributed by atoms with van der Waals surface area (Å²) in [5, 5.41) is 18.3. The molecule has 41 heavy (non-hydrogen) atoms. The van der Waals surface area contributed by atoms with E-state index >= 15 is 0 Å². The first-order valence-electron chi connectivity index (χ1n) is 13.4. The summed E-state index contributed by atoms with van der Waals surface area (Å²) in [5.74, 6) is -0.806. The number of likely N-dealkylation sites (tertiary alicyclic amines) is 1. The second kappa shape index (κ2) is 12.2. The van der Waals surface area contributed by atoms with Crippen LogP contribution in [0.1, 0.15) is 43.4 Å². The van der Waals surface area contributed by atoms with Crippen molar-refractivity contribution in [2.24, 2.45) is 5.92 Å². The summed E-state index contributed by atoms with van der Waals surface area (Å²) in [5.41, 5.74) is -0.326. The molecule has 0 bridgehead atoms. The Bertz CT molecular complexity index is 1450. The number of aromatic nitrogens is 3. The quantitative estimate of drug-likeness (QED) is 0.250. The fourth-order valence-electron chi connectivity index (χ4n) is 5.07. The number of hydrogen-bond acceptors (Lipinski definition) is 9. The summed E-state index contributed by atoms with van der Waals surface area (Å²) in [4.78, 5) is 18.1. The van der Waals surface area contributed by atoms with Gasteiger partial charge < -0.3 is 23.8 Å². The van der Waals surface area contributed by atoms with Crippen LogP contribution in [0.15, 0.2) is 63.6 Å². The lowest BCUT2D eigenvalue weighted by atomic mass is 9.94. The number of rotatable bonds is 9. The number of carbonyl (C=O) groups excluding carboxylic acids is 1. The van der Waals surface area contributed by atoms with Crippen molar-refractivity contribution in [2.45, 2.75) is 38.5 Å². The van der Waals surface area contributed by atoms with E-state index in [0.717, 1.165) is 19.4 Å². The third kappa shape index (κ3) is 6.66. The highest BCUT2D eigenvalue weighted by Crippen LogP contribution is 2.43. The number of piperidine rings is 1. The number of aliphatic hydroxyl groups excluding tert-OH is 1. The molecule has 2 aromatic heterocycles. The van der Waals surface area contributed by atoms with Crippen LogP contribution in [-0.2, 0) is 15.7 Å². The summed E-state index contributed by atoms with van der Waals surface area (Å²) < 4.78 is 57.3. The van der Waals surface area contributed by atoms with Gasteiger partial charge in [0.1, 0.15) is 5.56 Å². The third-order valence-corrected chi connectivity index (χ3v) is 6.99. The minimum atomic E-state index is -4.78. The molecule has 1 unspecified atom stereocenters. The second-order valence-corrected chi connectivity index (χ2v) is 9.94. The molecule has 1 N–H and O–H groups in total. The molecule has 1 saturated heterocycles. The minimum absolute atomic E-state index is 0.0660. The molecule has 1 aliphatic rings. The maximum absolute atomic E-state index is 14.0. The molecule has 1 aliphatic heterocycles. The number of hydrogen-bond donors (Lipinski definition) is 1. The molecule has 0 saturated carbocycles. The number of carbonyl (C=O) groups is 1. The van der Waals surface area contributed by atoms with Crippen LogP contribution in [0.3, 0.4) is 0 Å². The first kappa shape index (κ1) is 28.5. The van der Waals surface area contributed by atoms with Gasteiger partial charge in [0.05, 0.1) is 12.7 Å². The van der Waals surface area contributed by atoms with E-state index < -0.39 is 35.2 Å². The molecule has 1 fully saturated rings. The van der Waals surface area contributed by atoms with Crippen molar-refractivity contribution in [2.75, 3.05) is 26.2 Å². The normalized spacial score (nSPS) is 17.0. The summed E-state index contributed by atoms with van der Waals surface area (Å²) in [7, 11) is 0. The first-order chi connectivity index (χ1) is 19.7. The van der Waals surface area contributed by atoms with Gasteiger partial charge in [-0.15, -0.1) is 0 Å². The van der Waals surface area contributed by atoms with Gasteiger partial charge in [-0.3, -0.25) is 4.79 Å². The Balaban J connectivity index is 1.28. The van der Waals surface area contributed by atoms with Gasteiger partial charge in [-0.1, -0.05) is 64.9 Å². The standard InChI is InChI=1S/C29H29F3N4O5/c1-2-39-23(38)15-18-7-6-14-36(16-18)17-22(37)19-10-12-21(13-11-19)27-33-28(41-35-27)25-24(29(30,31)32)26(40-34-25)20-8-4-3-5-9-20/h3-5,8-13,18,22,37H,2,6-7,14-17H2,1H3/t18-,22?/m1/s1. The Morgan fingerprint density at radius 2 is 1.85 bits per heavy atom. The Labute approximate surface area is 233 Å². The van der Waals surface area contributed by atoms with Gasteiger partial charge in [0, 0.05) is 30.6 Å². The molecular formula is C29H29F3N4O5. The van der Waals surface area contributed by atoms with Gasteiger partial charge in [0.25, 0.3) is 5.89 Å². The molecule has 0 radical (unpaired) electrons. The van der Waals surface area contributed by atoms with Crippen LogP contribution in [-0.4, -0.2) is 57.5 Å². The molecule has 0 amide bonds. The van der Waals surface area contributed by atoms with Gasteiger partial charge in [0.2, 0.25) is 5.82 Å². The Morgan fingerprint density at radius 3 is 2.56 bits per heavy atom. The van der Waals surface area contributed by atoms with Crippen LogP contribution in [0.2, 0.25) is 0 Å². The number of β-amino-alcohol motifs (C(OH)–C–C–N with tert-alkyl or cyclic N) is 1. The molecule has 9 nitrogen and oxygen atoms in total. The zero-order valence-corrected chi connectivity index (χ0v) is 22.3. The van der Waals surface area contributed by atoms with E-state index in [4.69, 9.17) is 13.8 Å². The van der Waals surface area contributed by atoms with E-state index in [2.05, 4.69) is 20.2 Å². The monoisotopic (exact) mass is 570 g/mol. The molecule has 3 heterocycles. The highest BCUT2D eigenvalue weighted by molar-refractivity contribution is 5.71. The summed E-state index contributed by atoms with van der Waals surface area (Å²) in [6.45, 7) is 4.08. The van der Waals surface area contributed by atoms with Crippen molar-refractivity contribution in [3.05, 3.63) is 65.7 Å². The SMILES string of the molecule is CCOC(=O)C[C@H]1CCCN(CC(O)c2ccc(-c3noc(-c4noc(-c5ccccc5)c4C(F)(F)F)n3)cc2)C1. The molecule has 0 aliphatic carbocycles. The lowest BCUT2D eigenvalue weighted by molar-refractivity contribution is -0.144. The van der Waals surface area contributed by atoms with Crippen LogP contribution in [0.4, 0.5) is 13.2 Å². The number of nitrogens with zero attached hydrogens (tertiary/aromatic N) is 4. The second-order valence-electron chi connectivity index (χ2n) is 9.94. The highest BCUT2D eigenvalue weighted by Gasteiger charge is 2.42. The number of ether oxygens (including phenoxy) is 1. The predicted octanol–water partition coefficient (Wildman–Crippen LogP) is 5.78. The molecule has 0 spiro atoms. The largest absolute Gasteiger partial charge is 0.466 e. The van der Waals surface area contributed by atoms with Crippen molar-refractivity contribution >= 4 is 5.97 Å². The molecule has 216 valence electrons. The van der Waals surface area contributed by atoms with Gasteiger partial charge in [-0.2, -0.15) is 18.2 Å². The molecular weight excluding hydrogens is 541 g/mol. The maximum atomic E-state index is 14.0. The molecule has 12 heteroatoms. The van der Waals surface area contributed by atoms with Crippen molar-refractivity contribution < 1.29 is 36.9 Å². The minimum Gasteiger partial charge on any atom is -0.466 e. The third-order valence-electron chi connectivity index (χ3n) is 6.99. The fourth-order valence-corrected chi connectivity index (χ4v) is 5.07. The van der Waals surface area contributed by atoms with Crippen molar-refractivity contribution in [3.63, 3.8) is 0 Å². The average Bonchev–Trinajstić information content (AvgIpc) is 3.62. The Kier molecular flexibility index (Phi) is 8.50. The van der Waals surface area contributed by atoms with Gasteiger partial charge in [0.15, 0.2) is 11.5 Å². The molecule has 5 rings (SSSR count). The zero-order chi connectivity index (χ0) is 29.0. The Morgan fingerprint density at radius 1 is 1.10 bits per heavy atom. The van der Waals surface area contributed by atoms with E-state index in [9.17, 15) is 23.1 Å². The van der Waals surface area contributed by atoms with E-state index in [1.807, 2.05) is 0 Å². The average molecular weight is 571 g/mol. The van der Waals surface area contributed by atoms with E-state index in [1.54, 1.807) is 49.4 Å². The van der Waals surface area contributed by atoms with Gasteiger partial charge in [-0.25, -0.2) is 0 Å². The van der Waals surface area contributed by atoms with Crippen molar-refractivity contribution in [1.29, 1.82) is 0 Å². The molecule has 2 atom stereocenters. The van der Waals surface area contributed by atoms with E-state index in [-0.39, 0.29) is 23.3 Å². The fraction of sp³-hybridized carbons (Fsp3) is 0.379. The Hall–Kier alpha value is -4.03. The maximum Gasteiger partial charge on any atom is 0.422 e. The summed E-state index contributed by atoms with van der Waals surface area (Å²) >= 11 is 0. The van der Waals surface area contributed by atoms with Crippen LogP contribution < -0.4 is 0 Å². The lowest BCUT2D eigenvalue weighted by Gasteiger charge is -2.33. The highest BCUT2D eigenvalue weighted by atomic mass is 19.4. The number of aliphatic hydroxyl groups is 1. The molecule has 4 aromatic rings. The predicted molar refractivity (Wildman–Crippen MR) is 141 cm³/mol.